The molecular formula is C17H27FN2O. The zero-order chi connectivity index (χ0) is 15.1. The minimum Gasteiger partial charge on any atom is -0.381 e. The topological polar surface area (TPSA) is 24.5 Å². The zero-order valence-electron chi connectivity index (χ0n) is 13.1. The first-order valence-corrected chi connectivity index (χ1v) is 7.93. The molecule has 0 amide bonds. The molecule has 1 aromatic rings. The Morgan fingerprint density at radius 1 is 1.38 bits per heavy atom. The Morgan fingerprint density at radius 2 is 2.14 bits per heavy atom. The van der Waals surface area contributed by atoms with Crippen LogP contribution >= 0.6 is 0 Å². The molecule has 0 spiro atoms. The molecule has 1 aromatic carbocycles. The van der Waals surface area contributed by atoms with Crippen molar-refractivity contribution >= 4 is 0 Å². The van der Waals surface area contributed by atoms with Crippen molar-refractivity contribution in [3.05, 3.63) is 35.6 Å². The molecule has 1 aliphatic rings. The predicted molar refractivity (Wildman–Crippen MR) is 83.7 cm³/mol. The molecule has 3 nitrogen and oxygen atoms in total. The van der Waals surface area contributed by atoms with Crippen LogP contribution in [0.15, 0.2) is 24.3 Å². The van der Waals surface area contributed by atoms with Gasteiger partial charge in [0.2, 0.25) is 0 Å². The summed E-state index contributed by atoms with van der Waals surface area (Å²) in [4.78, 5) is 2.30. The number of ether oxygens (including phenoxy) is 1. The Balaban J connectivity index is 1.87. The summed E-state index contributed by atoms with van der Waals surface area (Å²) in [5, 5.41) is 3.66. The molecule has 21 heavy (non-hydrogen) atoms. The van der Waals surface area contributed by atoms with E-state index in [9.17, 15) is 4.39 Å². The van der Waals surface area contributed by atoms with Gasteiger partial charge in [-0.15, -0.1) is 0 Å². The number of hydrogen-bond donors (Lipinski definition) is 1. The molecule has 1 saturated heterocycles. The van der Waals surface area contributed by atoms with Crippen molar-refractivity contribution in [2.24, 2.45) is 5.92 Å². The summed E-state index contributed by atoms with van der Waals surface area (Å²) in [5.41, 5.74) is 1.15. The maximum Gasteiger partial charge on any atom is 0.123 e. The molecule has 0 aliphatic carbocycles. The van der Waals surface area contributed by atoms with E-state index in [-0.39, 0.29) is 5.82 Å². The Morgan fingerprint density at radius 3 is 2.76 bits per heavy atom. The van der Waals surface area contributed by atoms with Crippen LogP contribution in [0.5, 0.6) is 0 Å². The summed E-state index contributed by atoms with van der Waals surface area (Å²) < 4.78 is 18.5. The molecular weight excluding hydrogens is 267 g/mol. The SMILES string of the molecule is CCCNC(CN(C)Cc1ccc(F)cc1)C1CCOC1. The third-order valence-electron chi connectivity index (χ3n) is 4.06. The largest absolute Gasteiger partial charge is 0.381 e. The lowest BCUT2D eigenvalue weighted by atomic mass is 9.98. The number of likely N-dealkylation sites (N-methyl/N-ethyl adjacent to an activating group) is 1. The maximum absolute atomic E-state index is 12.9. The second kappa shape index (κ2) is 8.47. The first kappa shape index (κ1) is 16.4. The molecule has 2 rings (SSSR count). The molecule has 118 valence electrons. The van der Waals surface area contributed by atoms with Crippen LogP contribution in [-0.4, -0.2) is 44.3 Å². The van der Waals surface area contributed by atoms with E-state index in [1.54, 1.807) is 0 Å². The number of rotatable bonds is 8. The number of nitrogens with zero attached hydrogens (tertiary/aromatic N) is 1. The quantitative estimate of drug-likeness (QED) is 0.798. The Hall–Kier alpha value is -0.970. The maximum atomic E-state index is 12.9. The molecule has 1 heterocycles. The molecule has 2 atom stereocenters. The molecule has 2 unspecified atom stereocenters. The standard InChI is InChI=1S/C17H27FN2O/c1-3-9-19-17(15-8-10-21-13-15)12-20(2)11-14-4-6-16(18)7-5-14/h4-7,15,17,19H,3,8-13H2,1-2H3. The molecule has 1 aliphatic heterocycles. The third-order valence-corrected chi connectivity index (χ3v) is 4.06. The lowest BCUT2D eigenvalue weighted by Gasteiger charge is -2.29. The van der Waals surface area contributed by atoms with Crippen molar-refractivity contribution in [2.45, 2.75) is 32.4 Å². The highest BCUT2D eigenvalue weighted by atomic mass is 19.1. The van der Waals surface area contributed by atoms with Gasteiger partial charge in [0.1, 0.15) is 5.82 Å². The van der Waals surface area contributed by atoms with Gasteiger partial charge in [-0.1, -0.05) is 19.1 Å². The summed E-state index contributed by atoms with van der Waals surface area (Å²) in [5.74, 6) is 0.430. The van der Waals surface area contributed by atoms with Gasteiger partial charge in [0.25, 0.3) is 0 Å². The Labute approximate surface area is 127 Å². The van der Waals surface area contributed by atoms with Gasteiger partial charge in [0, 0.05) is 31.7 Å². The minimum atomic E-state index is -0.174. The molecule has 0 saturated carbocycles. The van der Waals surface area contributed by atoms with E-state index in [1.165, 1.54) is 12.1 Å². The van der Waals surface area contributed by atoms with Crippen LogP contribution in [0.25, 0.3) is 0 Å². The van der Waals surface area contributed by atoms with Crippen LogP contribution in [0.2, 0.25) is 0 Å². The molecule has 1 fully saturated rings. The summed E-state index contributed by atoms with van der Waals surface area (Å²) in [6.07, 6.45) is 2.29. The lowest BCUT2D eigenvalue weighted by Crippen LogP contribution is -2.45. The zero-order valence-corrected chi connectivity index (χ0v) is 13.1. The van der Waals surface area contributed by atoms with Gasteiger partial charge >= 0.3 is 0 Å². The fraction of sp³-hybridized carbons (Fsp3) is 0.647. The van der Waals surface area contributed by atoms with Crippen LogP contribution < -0.4 is 5.32 Å². The van der Waals surface area contributed by atoms with E-state index < -0.39 is 0 Å². The van der Waals surface area contributed by atoms with Gasteiger partial charge in [0.05, 0.1) is 6.61 Å². The van der Waals surface area contributed by atoms with Crippen molar-refractivity contribution in [1.82, 2.24) is 10.2 Å². The normalized spacial score (nSPS) is 20.1. The van der Waals surface area contributed by atoms with Gasteiger partial charge in [-0.05, 0) is 44.1 Å². The summed E-state index contributed by atoms with van der Waals surface area (Å²) in [6.45, 7) is 6.83. The highest BCUT2D eigenvalue weighted by Gasteiger charge is 2.26. The van der Waals surface area contributed by atoms with Gasteiger partial charge in [-0.3, -0.25) is 0 Å². The predicted octanol–water partition coefficient (Wildman–Crippen LogP) is 2.66. The summed E-state index contributed by atoms with van der Waals surface area (Å²) >= 11 is 0. The minimum absolute atomic E-state index is 0.174. The van der Waals surface area contributed by atoms with Crippen molar-refractivity contribution in [3.63, 3.8) is 0 Å². The van der Waals surface area contributed by atoms with Gasteiger partial charge < -0.3 is 15.0 Å². The van der Waals surface area contributed by atoms with Crippen LogP contribution in [0.1, 0.15) is 25.3 Å². The van der Waals surface area contributed by atoms with Gasteiger partial charge in [0.15, 0.2) is 0 Å². The number of halogens is 1. The molecule has 0 bridgehead atoms. The smallest absolute Gasteiger partial charge is 0.123 e. The van der Waals surface area contributed by atoms with E-state index in [2.05, 4.69) is 24.2 Å². The van der Waals surface area contributed by atoms with Crippen LogP contribution in [0.3, 0.4) is 0 Å². The fourth-order valence-corrected chi connectivity index (χ4v) is 2.88. The second-order valence-corrected chi connectivity index (χ2v) is 6.01. The van der Waals surface area contributed by atoms with E-state index >= 15 is 0 Å². The number of benzene rings is 1. The Bertz CT molecular complexity index is 404. The van der Waals surface area contributed by atoms with E-state index in [4.69, 9.17) is 4.74 Å². The monoisotopic (exact) mass is 294 g/mol. The van der Waals surface area contributed by atoms with Crippen molar-refractivity contribution in [3.8, 4) is 0 Å². The van der Waals surface area contributed by atoms with Crippen LogP contribution in [0, 0.1) is 11.7 Å². The van der Waals surface area contributed by atoms with E-state index in [0.29, 0.717) is 12.0 Å². The van der Waals surface area contributed by atoms with E-state index in [0.717, 1.165) is 51.3 Å². The average Bonchev–Trinajstić information content (AvgIpc) is 3.00. The summed E-state index contributed by atoms with van der Waals surface area (Å²) in [7, 11) is 2.12. The Kier molecular flexibility index (Phi) is 6.61. The lowest BCUT2D eigenvalue weighted by molar-refractivity contribution is 0.165. The highest BCUT2D eigenvalue weighted by Crippen LogP contribution is 2.18. The first-order valence-electron chi connectivity index (χ1n) is 7.93. The van der Waals surface area contributed by atoms with E-state index in [1.807, 2.05) is 12.1 Å². The van der Waals surface area contributed by atoms with Crippen molar-refractivity contribution < 1.29 is 9.13 Å². The van der Waals surface area contributed by atoms with Gasteiger partial charge in [-0.25, -0.2) is 4.39 Å². The molecule has 0 aromatic heterocycles. The van der Waals surface area contributed by atoms with Crippen molar-refractivity contribution in [2.75, 3.05) is 33.4 Å². The second-order valence-electron chi connectivity index (χ2n) is 6.01. The molecule has 1 N–H and O–H groups in total. The van der Waals surface area contributed by atoms with Crippen molar-refractivity contribution in [1.29, 1.82) is 0 Å². The van der Waals surface area contributed by atoms with Crippen LogP contribution in [-0.2, 0) is 11.3 Å². The highest BCUT2D eigenvalue weighted by molar-refractivity contribution is 5.15. The number of nitrogens with one attached hydrogen (secondary N) is 1. The first-order chi connectivity index (χ1) is 10.2. The van der Waals surface area contributed by atoms with Gasteiger partial charge in [-0.2, -0.15) is 0 Å². The molecule has 0 radical (unpaired) electrons. The molecule has 4 heteroatoms. The third kappa shape index (κ3) is 5.38. The fourth-order valence-electron chi connectivity index (χ4n) is 2.88. The summed E-state index contributed by atoms with van der Waals surface area (Å²) in [6, 6.07) is 7.25. The average molecular weight is 294 g/mol. The van der Waals surface area contributed by atoms with Crippen LogP contribution in [0.4, 0.5) is 4.39 Å². The number of hydrogen-bond acceptors (Lipinski definition) is 3.